The van der Waals surface area contributed by atoms with Crippen molar-refractivity contribution in [2.45, 2.75) is 19.4 Å². The summed E-state index contributed by atoms with van der Waals surface area (Å²) in [5.74, 6) is 0.260. The molecule has 0 atom stereocenters. The second-order valence-corrected chi connectivity index (χ2v) is 5.57. The van der Waals surface area contributed by atoms with Gasteiger partial charge in [0.05, 0.1) is 12.0 Å². The van der Waals surface area contributed by atoms with E-state index in [1.165, 1.54) is 5.56 Å². The van der Waals surface area contributed by atoms with Crippen molar-refractivity contribution in [3.05, 3.63) is 83.4 Å². The quantitative estimate of drug-likeness (QED) is 0.736. The Morgan fingerprint density at radius 1 is 0.957 bits per heavy atom. The van der Waals surface area contributed by atoms with Crippen LogP contribution in [0.5, 0.6) is 5.75 Å². The highest BCUT2D eigenvalue weighted by Gasteiger charge is 2.11. The van der Waals surface area contributed by atoms with Crippen LogP contribution in [0, 0.1) is 0 Å². The monoisotopic (exact) mass is 308 g/mol. The molecule has 118 valence electrons. The molecule has 3 aromatic rings. The summed E-state index contributed by atoms with van der Waals surface area (Å²) in [5, 5.41) is 19.0. The van der Waals surface area contributed by atoms with E-state index in [-0.39, 0.29) is 12.4 Å². The number of aromatic hydroxyl groups is 1. The van der Waals surface area contributed by atoms with Crippen LogP contribution < -0.4 is 0 Å². The number of hydrogen-bond donors (Lipinski definition) is 2. The Bertz CT molecular complexity index is 766. The number of imidazole rings is 1. The number of aliphatic hydroxyl groups excluding tert-OH is 1. The molecular formula is C19H20N2O2. The van der Waals surface area contributed by atoms with Crippen LogP contribution in [0.2, 0.25) is 0 Å². The van der Waals surface area contributed by atoms with Crippen molar-refractivity contribution in [3.63, 3.8) is 0 Å². The summed E-state index contributed by atoms with van der Waals surface area (Å²) in [5.41, 5.74) is 4.24. The molecule has 0 aliphatic rings. The van der Waals surface area contributed by atoms with E-state index in [9.17, 15) is 10.2 Å². The summed E-state index contributed by atoms with van der Waals surface area (Å²) < 4.78 is 2.04. The van der Waals surface area contributed by atoms with Crippen LogP contribution in [-0.2, 0) is 19.4 Å². The maximum absolute atomic E-state index is 9.60. The number of nitrogens with zero attached hydrogens (tertiary/aromatic N) is 2. The van der Waals surface area contributed by atoms with Crippen molar-refractivity contribution in [2.24, 2.45) is 0 Å². The third kappa shape index (κ3) is 3.79. The zero-order chi connectivity index (χ0) is 16.1. The van der Waals surface area contributed by atoms with Crippen molar-refractivity contribution in [1.82, 2.24) is 9.55 Å². The summed E-state index contributed by atoms with van der Waals surface area (Å²) in [4.78, 5) is 4.54. The van der Waals surface area contributed by atoms with Crippen molar-refractivity contribution in [1.29, 1.82) is 0 Å². The molecule has 0 radical (unpaired) electrons. The second-order valence-electron chi connectivity index (χ2n) is 5.57. The van der Waals surface area contributed by atoms with Gasteiger partial charge in [0.1, 0.15) is 5.75 Å². The highest BCUT2D eigenvalue weighted by atomic mass is 16.3. The third-order valence-corrected chi connectivity index (χ3v) is 3.86. The van der Waals surface area contributed by atoms with Gasteiger partial charge in [-0.3, -0.25) is 0 Å². The second kappa shape index (κ2) is 7.11. The molecule has 0 saturated carbocycles. The Labute approximate surface area is 135 Å². The summed E-state index contributed by atoms with van der Waals surface area (Å²) in [7, 11) is 0. The lowest BCUT2D eigenvalue weighted by Gasteiger charge is -2.10. The van der Waals surface area contributed by atoms with Gasteiger partial charge in [-0.05, 0) is 23.3 Å². The molecule has 0 aliphatic carbocycles. The van der Waals surface area contributed by atoms with Crippen LogP contribution in [0.25, 0.3) is 0 Å². The van der Waals surface area contributed by atoms with Gasteiger partial charge >= 0.3 is 0 Å². The largest absolute Gasteiger partial charge is 0.508 e. The number of hydrogen-bond acceptors (Lipinski definition) is 3. The number of rotatable bonds is 6. The minimum atomic E-state index is 0.0908. The van der Waals surface area contributed by atoms with E-state index in [1.54, 1.807) is 12.1 Å². The van der Waals surface area contributed by atoms with E-state index >= 15 is 0 Å². The maximum Gasteiger partial charge on any atom is 0.115 e. The predicted octanol–water partition coefficient (Wildman–Crippen LogP) is 2.76. The first-order chi connectivity index (χ1) is 11.3. The van der Waals surface area contributed by atoms with E-state index in [0.717, 1.165) is 23.4 Å². The molecule has 0 bridgehead atoms. The fourth-order valence-corrected chi connectivity index (χ4v) is 2.77. The zero-order valence-corrected chi connectivity index (χ0v) is 12.9. The van der Waals surface area contributed by atoms with E-state index in [4.69, 9.17) is 0 Å². The van der Waals surface area contributed by atoms with Gasteiger partial charge in [-0.1, -0.05) is 42.5 Å². The van der Waals surface area contributed by atoms with Crippen LogP contribution in [-0.4, -0.2) is 26.4 Å². The van der Waals surface area contributed by atoms with Gasteiger partial charge in [0.2, 0.25) is 0 Å². The topological polar surface area (TPSA) is 58.3 Å². The Kier molecular flexibility index (Phi) is 4.74. The Morgan fingerprint density at radius 2 is 1.74 bits per heavy atom. The average molecular weight is 308 g/mol. The number of benzene rings is 2. The smallest absolute Gasteiger partial charge is 0.115 e. The van der Waals surface area contributed by atoms with Crippen molar-refractivity contribution >= 4 is 0 Å². The summed E-state index contributed by atoms with van der Waals surface area (Å²) >= 11 is 0. The number of aromatic nitrogens is 2. The standard InChI is InChI=1S/C19H20N2O2/c22-10-9-19-18(12-15-5-2-1-3-6-15)20-14-21(19)13-16-7-4-8-17(23)11-16/h1-8,11,14,22-23H,9-10,12-13H2. The lowest BCUT2D eigenvalue weighted by Crippen LogP contribution is -2.07. The fraction of sp³-hybridized carbons (Fsp3) is 0.211. The average Bonchev–Trinajstić information content (AvgIpc) is 2.91. The molecule has 3 rings (SSSR count). The first-order valence-corrected chi connectivity index (χ1v) is 7.72. The van der Waals surface area contributed by atoms with Crippen molar-refractivity contribution in [3.8, 4) is 5.75 Å². The molecule has 23 heavy (non-hydrogen) atoms. The SMILES string of the molecule is OCCc1c(Cc2ccccc2)ncn1Cc1cccc(O)c1. The Morgan fingerprint density at radius 3 is 2.48 bits per heavy atom. The molecule has 2 aromatic carbocycles. The van der Waals surface area contributed by atoms with Gasteiger partial charge in [0, 0.05) is 31.7 Å². The lowest BCUT2D eigenvalue weighted by atomic mass is 10.1. The van der Waals surface area contributed by atoms with Gasteiger partial charge < -0.3 is 14.8 Å². The van der Waals surface area contributed by atoms with E-state index in [2.05, 4.69) is 17.1 Å². The molecule has 0 aliphatic heterocycles. The van der Waals surface area contributed by atoms with Gasteiger partial charge in [-0.2, -0.15) is 0 Å². The van der Waals surface area contributed by atoms with Crippen LogP contribution in [0.3, 0.4) is 0 Å². The van der Waals surface area contributed by atoms with Gasteiger partial charge in [0.25, 0.3) is 0 Å². The normalized spacial score (nSPS) is 10.8. The van der Waals surface area contributed by atoms with Crippen LogP contribution in [0.1, 0.15) is 22.5 Å². The molecule has 0 saturated heterocycles. The van der Waals surface area contributed by atoms with Crippen LogP contribution in [0.4, 0.5) is 0 Å². The summed E-state index contributed by atoms with van der Waals surface area (Å²) in [6.07, 6.45) is 3.14. The minimum absolute atomic E-state index is 0.0908. The van der Waals surface area contributed by atoms with Crippen LogP contribution >= 0.6 is 0 Å². The zero-order valence-electron chi connectivity index (χ0n) is 12.9. The van der Waals surface area contributed by atoms with E-state index < -0.39 is 0 Å². The Balaban J connectivity index is 1.86. The number of aliphatic hydroxyl groups is 1. The molecule has 0 fully saturated rings. The molecule has 4 heteroatoms. The maximum atomic E-state index is 9.60. The predicted molar refractivity (Wildman–Crippen MR) is 89.5 cm³/mol. The van der Waals surface area contributed by atoms with Crippen LogP contribution in [0.15, 0.2) is 60.9 Å². The van der Waals surface area contributed by atoms with Crippen molar-refractivity contribution in [2.75, 3.05) is 6.61 Å². The molecule has 0 spiro atoms. The fourth-order valence-electron chi connectivity index (χ4n) is 2.77. The molecule has 4 nitrogen and oxygen atoms in total. The Hall–Kier alpha value is -2.59. The molecule has 1 heterocycles. The van der Waals surface area contributed by atoms with Gasteiger partial charge in [-0.15, -0.1) is 0 Å². The number of phenolic OH excluding ortho intramolecular Hbond substituents is 1. The van der Waals surface area contributed by atoms with Crippen molar-refractivity contribution < 1.29 is 10.2 Å². The highest BCUT2D eigenvalue weighted by molar-refractivity contribution is 5.29. The molecule has 1 aromatic heterocycles. The lowest BCUT2D eigenvalue weighted by molar-refractivity contribution is 0.296. The summed E-state index contributed by atoms with van der Waals surface area (Å²) in [6.45, 7) is 0.721. The van der Waals surface area contributed by atoms with Gasteiger partial charge in [0.15, 0.2) is 0 Å². The summed E-state index contributed by atoms with van der Waals surface area (Å²) in [6, 6.07) is 17.4. The molecule has 0 unspecified atom stereocenters. The molecule has 0 amide bonds. The number of phenols is 1. The van der Waals surface area contributed by atoms with E-state index in [1.807, 2.05) is 41.2 Å². The van der Waals surface area contributed by atoms with Gasteiger partial charge in [-0.25, -0.2) is 4.98 Å². The first-order valence-electron chi connectivity index (χ1n) is 7.72. The molecular weight excluding hydrogens is 288 g/mol. The molecule has 2 N–H and O–H groups in total. The van der Waals surface area contributed by atoms with E-state index in [0.29, 0.717) is 13.0 Å². The highest BCUT2D eigenvalue weighted by Crippen LogP contribution is 2.17. The first kappa shape index (κ1) is 15.3. The third-order valence-electron chi connectivity index (χ3n) is 3.86. The minimum Gasteiger partial charge on any atom is -0.508 e.